The second-order valence-electron chi connectivity index (χ2n) is 6.70. The van der Waals surface area contributed by atoms with Crippen LogP contribution in [0.15, 0.2) is 48.5 Å². The van der Waals surface area contributed by atoms with Crippen molar-refractivity contribution in [3.8, 4) is 16.3 Å². The van der Waals surface area contributed by atoms with Crippen molar-refractivity contribution in [3.05, 3.63) is 48.5 Å². The number of aromatic nitrogens is 1. The van der Waals surface area contributed by atoms with Crippen molar-refractivity contribution in [3.63, 3.8) is 0 Å². The van der Waals surface area contributed by atoms with Gasteiger partial charge in [-0.2, -0.15) is 0 Å². The maximum atomic E-state index is 12.0. The van der Waals surface area contributed by atoms with E-state index >= 15 is 0 Å². The zero-order valence-electron chi connectivity index (χ0n) is 14.6. The van der Waals surface area contributed by atoms with Crippen molar-refractivity contribution >= 4 is 27.5 Å². The van der Waals surface area contributed by atoms with Crippen LogP contribution in [0.25, 0.3) is 20.8 Å². The number of fused-ring (bicyclic) bond motifs is 1. The summed E-state index contributed by atoms with van der Waals surface area (Å²) < 4.78 is 6.81. The van der Waals surface area contributed by atoms with Gasteiger partial charge >= 0.3 is 0 Å². The molecule has 26 heavy (non-hydrogen) atoms. The molecule has 1 fully saturated rings. The molecular weight excluding hydrogens is 344 g/mol. The van der Waals surface area contributed by atoms with Gasteiger partial charge < -0.3 is 10.1 Å². The standard InChI is InChI=1S/C21H22N2O2S/c24-20(22-16-6-2-1-3-7-16)14-25-17-12-10-15(11-13-17)21-23-18-8-4-5-9-19(18)26-21/h4-5,8-13,16H,1-3,6-7,14H2,(H,22,24). The van der Waals surface area contributed by atoms with Crippen LogP contribution in [0.5, 0.6) is 5.75 Å². The SMILES string of the molecule is O=C(COc1ccc(-c2nc3ccccc3s2)cc1)NC1CCCCC1. The molecule has 3 aromatic rings. The topological polar surface area (TPSA) is 51.2 Å². The molecule has 2 aromatic carbocycles. The Hall–Kier alpha value is -2.40. The highest BCUT2D eigenvalue weighted by atomic mass is 32.1. The number of rotatable bonds is 5. The van der Waals surface area contributed by atoms with E-state index in [1.54, 1.807) is 11.3 Å². The fraction of sp³-hybridized carbons (Fsp3) is 0.333. The molecule has 1 aliphatic rings. The van der Waals surface area contributed by atoms with E-state index in [1.807, 2.05) is 42.5 Å². The summed E-state index contributed by atoms with van der Waals surface area (Å²) in [6.07, 6.45) is 5.87. The van der Waals surface area contributed by atoms with Crippen molar-refractivity contribution in [2.75, 3.05) is 6.61 Å². The molecule has 0 saturated heterocycles. The summed E-state index contributed by atoms with van der Waals surface area (Å²) in [6.45, 7) is 0.0665. The minimum atomic E-state index is -0.0350. The Morgan fingerprint density at radius 2 is 1.85 bits per heavy atom. The summed E-state index contributed by atoms with van der Waals surface area (Å²) in [5.74, 6) is 0.667. The Morgan fingerprint density at radius 1 is 1.08 bits per heavy atom. The van der Waals surface area contributed by atoms with Crippen molar-refractivity contribution in [1.82, 2.24) is 10.3 Å². The van der Waals surface area contributed by atoms with Crippen LogP contribution in [0, 0.1) is 0 Å². The zero-order chi connectivity index (χ0) is 17.8. The Morgan fingerprint density at radius 3 is 2.62 bits per heavy atom. The first-order chi connectivity index (χ1) is 12.8. The van der Waals surface area contributed by atoms with Crippen LogP contribution in [0.2, 0.25) is 0 Å². The highest BCUT2D eigenvalue weighted by Gasteiger charge is 2.15. The molecule has 1 N–H and O–H groups in total. The normalized spacial score (nSPS) is 15.1. The van der Waals surface area contributed by atoms with Gasteiger partial charge in [0.15, 0.2) is 6.61 Å². The van der Waals surface area contributed by atoms with Gasteiger partial charge in [-0.05, 0) is 49.2 Å². The summed E-state index contributed by atoms with van der Waals surface area (Å²) in [4.78, 5) is 16.7. The lowest BCUT2D eigenvalue weighted by atomic mass is 9.95. The molecule has 0 spiro atoms. The molecule has 1 amide bonds. The number of benzene rings is 2. The molecule has 0 aliphatic heterocycles. The Bertz CT molecular complexity index is 849. The first kappa shape index (κ1) is 17.0. The number of amides is 1. The molecule has 1 saturated carbocycles. The number of nitrogens with one attached hydrogen (secondary N) is 1. The number of carbonyl (C=O) groups is 1. The second kappa shape index (κ2) is 7.87. The first-order valence-electron chi connectivity index (χ1n) is 9.16. The van der Waals surface area contributed by atoms with Gasteiger partial charge in [0.2, 0.25) is 0 Å². The van der Waals surface area contributed by atoms with Gasteiger partial charge in [-0.15, -0.1) is 11.3 Å². The third-order valence-electron chi connectivity index (χ3n) is 4.74. The predicted octanol–water partition coefficient (Wildman–Crippen LogP) is 4.79. The van der Waals surface area contributed by atoms with Crippen LogP contribution in [0.4, 0.5) is 0 Å². The van der Waals surface area contributed by atoms with E-state index in [-0.39, 0.29) is 12.5 Å². The zero-order valence-corrected chi connectivity index (χ0v) is 15.4. The number of hydrogen-bond donors (Lipinski definition) is 1. The fourth-order valence-corrected chi connectivity index (χ4v) is 4.33. The van der Waals surface area contributed by atoms with Gasteiger partial charge in [0.05, 0.1) is 10.2 Å². The number of ether oxygens (including phenoxy) is 1. The van der Waals surface area contributed by atoms with Crippen molar-refractivity contribution < 1.29 is 9.53 Å². The van der Waals surface area contributed by atoms with Gasteiger partial charge in [-0.3, -0.25) is 4.79 Å². The van der Waals surface area contributed by atoms with E-state index in [1.165, 1.54) is 24.0 Å². The van der Waals surface area contributed by atoms with Crippen molar-refractivity contribution in [2.24, 2.45) is 0 Å². The summed E-state index contributed by atoms with van der Waals surface area (Å²) in [6, 6.07) is 16.2. The highest BCUT2D eigenvalue weighted by molar-refractivity contribution is 7.21. The summed E-state index contributed by atoms with van der Waals surface area (Å²) in [5.41, 5.74) is 2.08. The van der Waals surface area contributed by atoms with Gasteiger partial charge in [0, 0.05) is 11.6 Å². The molecular formula is C21H22N2O2S. The van der Waals surface area contributed by atoms with Crippen LogP contribution >= 0.6 is 11.3 Å². The van der Waals surface area contributed by atoms with Crippen LogP contribution in [-0.4, -0.2) is 23.5 Å². The van der Waals surface area contributed by atoms with Gasteiger partial charge in [-0.25, -0.2) is 4.98 Å². The largest absolute Gasteiger partial charge is 0.484 e. The van der Waals surface area contributed by atoms with Gasteiger partial charge in [0.25, 0.3) is 5.91 Å². The molecule has 5 heteroatoms. The molecule has 4 rings (SSSR count). The molecule has 4 nitrogen and oxygen atoms in total. The molecule has 1 aromatic heterocycles. The predicted molar refractivity (Wildman–Crippen MR) is 106 cm³/mol. The number of hydrogen-bond acceptors (Lipinski definition) is 4. The lowest BCUT2D eigenvalue weighted by molar-refractivity contribution is -0.124. The van der Waals surface area contributed by atoms with E-state index in [4.69, 9.17) is 4.74 Å². The monoisotopic (exact) mass is 366 g/mol. The second-order valence-corrected chi connectivity index (χ2v) is 7.73. The maximum absolute atomic E-state index is 12.0. The highest BCUT2D eigenvalue weighted by Crippen LogP contribution is 2.30. The summed E-state index contributed by atoms with van der Waals surface area (Å²) >= 11 is 1.68. The van der Waals surface area contributed by atoms with Crippen LogP contribution in [0.3, 0.4) is 0 Å². The number of thiazole rings is 1. The minimum absolute atomic E-state index is 0.0350. The van der Waals surface area contributed by atoms with E-state index in [9.17, 15) is 4.79 Å². The summed E-state index contributed by atoms with van der Waals surface area (Å²) in [5, 5.41) is 4.06. The average molecular weight is 366 g/mol. The first-order valence-corrected chi connectivity index (χ1v) is 9.98. The third-order valence-corrected chi connectivity index (χ3v) is 5.82. The third kappa shape index (κ3) is 4.05. The van der Waals surface area contributed by atoms with E-state index in [2.05, 4.69) is 16.4 Å². The fourth-order valence-electron chi connectivity index (χ4n) is 3.35. The summed E-state index contributed by atoms with van der Waals surface area (Å²) in [7, 11) is 0. The molecule has 1 heterocycles. The number of nitrogens with zero attached hydrogens (tertiary/aromatic N) is 1. The van der Waals surface area contributed by atoms with Crippen LogP contribution in [0.1, 0.15) is 32.1 Å². The Kier molecular flexibility index (Phi) is 5.16. The quantitative estimate of drug-likeness (QED) is 0.706. The molecule has 0 radical (unpaired) electrons. The maximum Gasteiger partial charge on any atom is 0.258 e. The van der Waals surface area contributed by atoms with Crippen molar-refractivity contribution in [2.45, 2.75) is 38.1 Å². The van der Waals surface area contributed by atoms with Crippen LogP contribution in [-0.2, 0) is 4.79 Å². The molecule has 0 bridgehead atoms. The Labute approximate surface area is 157 Å². The van der Waals surface area contributed by atoms with Gasteiger partial charge in [0.1, 0.15) is 10.8 Å². The lowest BCUT2D eigenvalue weighted by Gasteiger charge is -2.22. The Balaban J connectivity index is 1.34. The van der Waals surface area contributed by atoms with Crippen molar-refractivity contribution in [1.29, 1.82) is 0 Å². The number of carbonyl (C=O) groups excluding carboxylic acids is 1. The van der Waals surface area contributed by atoms with E-state index < -0.39 is 0 Å². The molecule has 134 valence electrons. The smallest absolute Gasteiger partial charge is 0.258 e. The van der Waals surface area contributed by atoms with E-state index in [0.29, 0.717) is 11.8 Å². The molecule has 1 aliphatic carbocycles. The molecule has 0 atom stereocenters. The van der Waals surface area contributed by atoms with Gasteiger partial charge in [-0.1, -0.05) is 31.4 Å². The molecule has 0 unspecified atom stereocenters. The van der Waals surface area contributed by atoms with E-state index in [0.717, 1.165) is 28.9 Å². The van der Waals surface area contributed by atoms with Crippen LogP contribution < -0.4 is 10.1 Å². The lowest BCUT2D eigenvalue weighted by Crippen LogP contribution is -2.38. The number of para-hydroxylation sites is 1. The minimum Gasteiger partial charge on any atom is -0.484 e. The average Bonchev–Trinajstić information content (AvgIpc) is 3.12.